The maximum Gasteiger partial charge on any atom is 0.433 e. The SMILES string of the molecule is N#C[C@@H](c1ccc(F)cc1)c1ccc2c(C(F)(F)F)cc(C(F)(F)F)nc2n1. The Hall–Kier alpha value is -3.22. The molecule has 1 aromatic carbocycles. The lowest BCUT2D eigenvalue weighted by molar-refractivity contribution is -0.144. The molecule has 0 amide bonds. The molecule has 0 fully saturated rings. The lowest BCUT2D eigenvalue weighted by Gasteiger charge is -2.15. The summed E-state index contributed by atoms with van der Waals surface area (Å²) >= 11 is 0. The molecule has 0 unspecified atom stereocenters. The van der Waals surface area contributed by atoms with Gasteiger partial charge in [-0.3, -0.25) is 0 Å². The highest BCUT2D eigenvalue weighted by Gasteiger charge is 2.39. The Bertz CT molecular complexity index is 1060. The van der Waals surface area contributed by atoms with Gasteiger partial charge >= 0.3 is 12.4 Å². The second-order valence-electron chi connectivity index (χ2n) is 5.77. The molecule has 3 nitrogen and oxygen atoms in total. The van der Waals surface area contributed by atoms with E-state index in [1.54, 1.807) is 0 Å². The monoisotopic (exact) mass is 399 g/mol. The summed E-state index contributed by atoms with van der Waals surface area (Å²) < 4.78 is 91.6. The smallest absolute Gasteiger partial charge is 0.231 e. The molecule has 2 aromatic heterocycles. The van der Waals surface area contributed by atoms with Crippen molar-refractivity contribution in [2.75, 3.05) is 0 Å². The highest BCUT2D eigenvalue weighted by Crippen LogP contribution is 2.38. The molecule has 1 atom stereocenters. The number of aromatic nitrogens is 2. The van der Waals surface area contributed by atoms with E-state index in [2.05, 4.69) is 9.97 Å². The predicted octanol–water partition coefficient (Wildman–Crippen LogP) is 5.46. The van der Waals surface area contributed by atoms with E-state index in [1.807, 2.05) is 6.07 Å². The molecule has 0 aliphatic heterocycles. The highest BCUT2D eigenvalue weighted by atomic mass is 19.4. The fraction of sp³-hybridized carbons (Fsp3) is 0.167. The summed E-state index contributed by atoms with van der Waals surface area (Å²) in [6, 6.07) is 8.48. The van der Waals surface area contributed by atoms with Crippen molar-refractivity contribution in [2.45, 2.75) is 18.3 Å². The third-order valence-electron chi connectivity index (χ3n) is 3.92. The number of halogens is 7. The maximum absolute atomic E-state index is 13.2. The molecular formula is C18H8F7N3. The van der Waals surface area contributed by atoms with Crippen LogP contribution in [0, 0.1) is 17.1 Å². The van der Waals surface area contributed by atoms with Gasteiger partial charge in [0.15, 0.2) is 5.65 Å². The van der Waals surface area contributed by atoms with Gasteiger partial charge in [-0.25, -0.2) is 14.4 Å². The molecule has 0 radical (unpaired) electrons. The summed E-state index contributed by atoms with van der Waals surface area (Å²) in [6.07, 6.45) is -10.2. The molecule has 0 saturated carbocycles. The number of hydrogen-bond acceptors (Lipinski definition) is 3. The van der Waals surface area contributed by atoms with Crippen LogP contribution in [0.3, 0.4) is 0 Å². The predicted molar refractivity (Wildman–Crippen MR) is 83.4 cm³/mol. The van der Waals surface area contributed by atoms with Crippen molar-refractivity contribution in [3.05, 3.63) is 70.8 Å². The van der Waals surface area contributed by atoms with Gasteiger partial charge in [0.05, 0.1) is 17.3 Å². The van der Waals surface area contributed by atoms with Crippen LogP contribution in [0.25, 0.3) is 11.0 Å². The summed E-state index contributed by atoms with van der Waals surface area (Å²) in [7, 11) is 0. The molecule has 0 spiro atoms. The molecule has 10 heteroatoms. The van der Waals surface area contributed by atoms with Crippen LogP contribution in [-0.2, 0) is 12.4 Å². The van der Waals surface area contributed by atoms with Crippen LogP contribution in [-0.4, -0.2) is 9.97 Å². The lowest BCUT2D eigenvalue weighted by atomic mass is 9.96. The lowest BCUT2D eigenvalue weighted by Crippen LogP contribution is -2.14. The van der Waals surface area contributed by atoms with Gasteiger partial charge in [0, 0.05) is 5.39 Å². The Balaban J connectivity index is 2.22. The van der Waals surface area contributed by atoms with Crippen molar-refractivity contribution in [1.82, 2.24) is 9.97 Å². The first-order chi connectivity index (χ1) is 13.0. The molecule has 0 N–H and O–H groups in total. The Labute approximate surface area is 153 Å². The van der Waals surface area contributed by atoms with E-state index >= 15 is 0 Å². The number of pyridine rings is 2. The van der Waals surface area contributed by atoms with E-state index in [-0.39, 0.29) is 17.3 Å². The van der Waals surface area contributed by atoms with Crippen molar-refractivity contribution in [3.63, 3.8) is 0 Å². The van der Waals surface area contributed by atoms with Crippen LogP contribution < -0.4 is 0 Å². The Kier molecular flexibility index (Phi) is 4.71. The average Bonchev–Trinajstić information content (AvgIpc) is 2.61. The van der Waals surface area contributed by atoms with Gasteiger partial charge in [-0.15, -0.1) is 0 Å². The molecule has 2 heterocycles. The zero-order valence-corrected chi connectivity index (χ0v) is 13.6. The molecule has 144 valence electrons. The van der Waals surface area contributed by atoms with E-state index in [9.17, 15) is 36.0 Å². The largest absolute Gasteiger partial charge is 0.433 e. The molecule has 0 bridgehead atoms. The van der Waals surface area contributed by atoms with Crippen molar-refractivity contribution in [3.8, 4) is 6.07 Å². The van der Waals surface area contributed by atoms with Crippen LogP contribution >= 0.6 is 0 Å². The standard InChI is InChI=1S/C18H8F7N3/c19-10-3-1-9(2-4-10)12(8-26)14-6-5-11-13(17(20,21)22)7-15(18(23,24)25)28-16(11)27-14/h1-7,12H/t12-/m0/s1. The molecule has 0 aliphatic carbocycles. The molecule has 0 aliphatic rings. The quantitative estimate of drug-likeness (QED) is 0.538. The number of nitrogens with zero attached hydrogens (tertiary/aromatic N) is 3. The third-order valence-corrected chi connectivity index (χ3v) is 3.92. The minimum Gasteiger partial charge on any atom is -0.231 e. The number of hydrogen-bond donors (Lipinski definition) is 0. The van der Waals surface area contributed by atoms with Gasteiger partial charge in [-0.05, 0) is 35.9 Å². The van der Waals surface area contributed by atoms with Gasteiger partial charge in [0.1, 0.15) is 17.4 Å². The molecule has 3 rings (SSSR count). The summed E-state index contributed by atoms with van der Waals surface area (Å²) in [6.45, 7) is 0. The first kappa shape index (κ1) is 19.5. The Morgan fingerprint density at radius 1 is 0.857 bits per heavy atom. The fourth-order valence-electron chi connectivity index (χ4n) is 2.63. The van der Waals surface area contributed by atoms with Crippen LogP contribution in [0.2, 0.25) is 0 Å². The molecule has 0 saturated heterocycles. The second-order valence-corrected chi connectivity index (χ2v) is 5.77. The minimum absolute atomic E-state index is 0.0779. The van der Waals surface area contributed by atoms with E-state index in [0.29, 0.717) is 0 Å². The van der Waals surface area contributed by atoms with Crippen LogP contribution in [0.15, 0.2) is 42.5 Å². The van der Waals surface area contributed by atoms with E-state index in [4.69, 9.17) is 0 Å². The first-order valence-corrected chi connectivity index (χ1v) is 7.62. The zero-order chi connectivity index (χ0) is 20.7. The van der Waals surface area contributed by atoms with Gasteiger partial charge in [0.2, 0.25) is 0 Å². The van der Waals surface area contributed by atoms with Crippen LogP contribution in [0.1, 0.15) is 28.4 Å². The van der Waals surface area contributed by atoms with E-state index in [0.717, 1.165) is 24.3 Å². The van der Waals surface area contributed by atoms with Crippen molar-refractivity contribution < 1.29 is 30.7 Å². The van der Waals surface area contributed by atoms with Crippen molar-refractivity contribution in [1.29, 1.82) is 5.26 Å². The summed E-state index contributed by atoms with van der Waals surface area (Å²) in [5.41, 5.74) is -3.89. The maximum atomic E-state index is 13.2. The van der Waals surface area contributed by atoms with Gasteiger partial charge in [-0.1, -0.05) is 12.1 Å². The Morgan fingerprint density at radius 2 is 1.50 bits per heavy atom. The van der Waals surface area contributed by atoms with E-state index < -0.39 is 46.4 Å². The Morgan fingerprint density at radius 3 is 2.04 bits per heavy atom. The topological polar surface area (TPSA) is 49.6 Å². The number of alkyl halides is 6. The highest BCUT2D eigenvalue weighted by molar-refractivity contribution is 5.80. The van der Waals surface area contributed by atoms with Gasteiger partial charge in [-0.2, -0.15) is 31.6 Å². The summed E-state index contributed by atoms with van der Waals surface area (Å²) in [5.74, 6) is -1.70. The molecular weight excluding hydrogens is 391 g/mol. The molecule has 3 aromatic rings. The van der Waals surface area contributed by atoms with Crippen molar-refractivity contribution in [2.24, 2.45) is 0 Å². The second kappa shape index (κ2) is 6.74. The third kappa shape index (κ3) is 3.74. The number of fused-ring (bicyclic) bond motifs is 1. The van der Waals surface area contributed by atoms with Crippen LogP contribution in [0.5, 0.6) is 0 Å². The van der Waals surface area contributed by atoms with Crippen LogP contribution in [0.4, 0.5) is 30.7 Å². The van der Waals surface area contributed by atoms with Gasteiger partial charge in [0.25, 0.3) is 0 Å². The van der Waals surface area contributed by atoms with E-state index in [1.165, 1.54) is 12.1 Å². The minimum atomic E-state index is -5.11. The number of nitriles is 1. The van der Waals surface area contributed by atoms with Gasteiger partial charge < -0.3 is 0 Å². The molecule has 28 heavy (non-hydrogen) atoms. The zero-order valence-electron chi connectivity index (χ0n) is 13.6. The average molecular weight is 399 g/mol. The normalized spacial score (nSPS) is 13.4. The first-order valence-electron chi connectivity index (χ1n) is 7.62. The van der Waals surface area contributed by atoms with Crippen molar-refractivity contribution >= 4 is 11.0 Å². The fourth-order valence-corrected chi connectivity index (χ4v) is 2.63. The summed E-state index contributed by atoms with van der Waals surface area (Å²) in [4.78, 5) is 6.97. The number of rotatable bonds is 2. The number of benzene rings is 1. The summed E-state index contributed by atoms with van der Waals surface area (Å²) in [5, 5.41) is 8.75.